The van der Waals surface area contributed by atoms with Crippen LogP contribution in [0.2, 0.25) is 0 Å². The standard InChI is InChI=1S/C22H36N4O2/c1-7-12-27-20-11-9-8-10-19(20)13-24-21(23-6)25-16-22(4,5)26-14-17(2)28-18(3)15-26/h7-11,17-18H,1,12-16H2,2-6H3,(H2,23,24,25). The van der Waals surface area contributed by atoms with Gasteiger partial charge in [-0.1, -0.05) is 30.9 Å². The van der Waals surface area contributed by atoms with Crippen LogP contribution in [0.4, 0.5) is 0 Å². The number of rotatable bonds is 8. The van der Waals surface area contributed by atoms with Crippen molar-refractivity contribution in [2.45, 2.75) is 52.0 Å². The molecule has 1 aliphatic heterocycles. The van der Waals surface area contributed by atoms with Crippen molar-refractivity contribution in [1.29, 1.82) is 0 Å². The molecule has 28 heavy (non-hydrogen) atoms. The molecule has 1 aliphatic rings. The molecule has 1 aromatic rings. The van der Waals surface area contributed by atoms with Gasteiger partial charge in [-0.2, -0.15) is 0 Å². The number of nitrogens with zero attached hydrogens (tertiary/aromatic N) is 2. The molecule has 1 saturated heterocycles. The summed E-state index contributed by atoms with van der Waals surface area (Å²) in [6.07, 6.45) is 2.26. The summed E-state index contributed by atoms with van der Waals surface area (Å²) in [6.45, 7) is 16.3. The lowest BCUT2D eigenvalue weighted by atomic mass is 10.00. The Bertz CT molecular complexity index is 650. The fraction of sp³-hybridized carbons (Fsp3) is 0.591. The van der Waals surface area contributed by atoms with E-state index < -0.39 is 0 Å². The van der Waals surface area contributed by atoms with Gasteiger partial charge in [0.25, 0.3) is 0 Å². The van der Waals surface area contributed by atoms with Crippen LogP contribution in [0.15, 0.2) is 41.9 Å². The van der Waals surface area contributed by atoms with Gasteiger partial charge in [0.2, 0.25) is 0 Å². The van der Waals surface area contributed by atoms with Crippen molar-refractivity contribution in [3.05, 3.63) is 42.5 Å². The van der Waals surface area contributed by atoms with Gasteiger partial charge in [-0.3, -0.25) is 9.89 Å². The number of nitrogens with one attached hydrogen (secondary N) is 2. The fourth-order valence-corrected chi connectivity index (χ4v) is 3.42. The predicted octanol–water partition coefficient (Wildman–Crippen LogP) is 2.80. The number of ether oxygens (including phenoxy) is 2. The number of morpholine rings is 1. The molecular weight excluding hydrogens is 352 g/mol. The van der Waals surface area contributed by atoms with Gasteiger partial charge in [-0.25, -0.2) is 0 Å². The van der Waals surface area contributed by atoms with Gasteiger partial charge >= 0.3 is 0 Å². The number of aliphatic imine (C=N–C) groups is 1. The maximum atomic E-state index is 5.87. The minimum absolute atomic E-state index is 0.00506. The van der Waals surface area contributed by atoms with Gasteiger partial charge in [0, 0.05) is 44.3 Å². The number of para-hydroxylation sites is 1. The molecule has 0 aliphatic carbocycles. The van der Waals surface area contributed by atoms with Crippen LogP contribution in [0.5, 0.6) is 5.75 Å². The van der Waals surface area contributed by atoms with Crippen LogP contribution in [0.3, 0.4) is 0 Å². The zero-order chi connectivity index (χ0) is 20.6. The van der Waals surface area contributed by atoms with Crippen LogP contribution in [-0.2, 0) is 11.3 Å². The molecule has 6 heteroatoms. The molecule has 2 N–H and O–H groups in total. The van der Waals surface area contributed by atoms with E-state index in [0.717, 1.165) is 36.9 Å². The van der Waals surface area contributed by atoms with Crippen molar-refractivity contribution < 1.29 is 9.47 Å². The number of hydrogen-bond acceptors (Lipinski definition) is 4. The summed E-state index contributed by atoms with van der Waals surface area (Å²) >= 11 is 0. The maximum absolute atomic E-state index is 5.87. The highest BCUT2D eigenvalue weighted by Crippen LogP contribution is 2.21. The molecule has 6 nitrogen and oxygen atoms in total. The molecule has 1 heterocycles. The van der Waals surface area contributed by atoms with E-state index >= 15 is 0 Å². The third kappa shape index (κ3) is 6.53. The first-order valence-electron chi connectivity index (χ1n) is 10.0. The second-order valence-electron chi connectivity index (χ2n) is 7.96. The molecule has 0 amide bonds. The molecule has 0 radical (unpaired) electrons. The lowest BCUT2D eigenvalue weighted by Gasteiger charge is -2.45. The Balaban J connectivity index is 1.90. The summed E-state index contributed by atoms with van der Waals surface area (Å²) in [5, 5.41) is 6.85. The fourth-order valence-electron chi connectivity index (χ4n) is 3.42. The van der Waals surface area contributed by atoms with Crippen molar-refractivity contribution in [3.63, 3.8) is 0 Å². The highest BCUT2D eigenvalue weighted by molar-refractivity contribution is 5.79. The Morgan fingerprint density at radius 2 is 1.96 bits per heavy atom. The quantitative estimate of drug-likeness (QED) is 0.407. The van der Waals surface area contributed by atoms with Crippen molar-refractivity contribution in [2.24, 2.45) is 4.99 Å². The summed E-state index contributed by atoms with van der Waals surface area (Å²) < 4.78 is 11.6. The van der Waals surface area contributed by atoms with Crippen molar-refractivity contribution in [1.82, 2.24) is 15.5 Å². The zero-order valence-electron chi connectivity index (χ0n) is 18.0. The summed E-state index contributed by atoms with van der Waals surface area (Å²) in [6, 6.07) is 8.01. The largest absolute Gasteiger partial charge is 0.489 e. The highest BCUT2D eigenvalue weighted by Gasteiger charge is 2.33. The van der Waals surface area contributed by atoms with Crippen LogP contribution >= 0.6 is 0 Å². The van der Waals surface area contributed by atoms with Crippen LogP contribution < -0.4 is 15.4 Å². The van der Waals surface area contributed by atoms with Crippen LogP contribution in [-0.4, -0.2) is 61.9 Å². The lowest BCUT2D eigenvalue weighted by Crippen LogP contribution is -2.59. The molecule has 2 rings (SSSR count). The monoisotopic (exact) mass is 388 g/mol. The van der Waals surface area contributed by atoms with Crippen LogP contribution in [0.1, 0.15) is 33.3 Å². The summed E-state index contributed by atoms with van der Waals surface area (Å²) in [4.78, 5) is 6.86. The molecule has 1 fully saturated rings. The SMILES string of the molecule is C=CCOc1ccccc1CNC(=NC)NCC(C)(C)N1CC(C)OC(C)C1. The first-order chi connectivity index (χ1) is 13.4. The average molecular weight is 389 g/mol. The molecule has 0 aromatic heterocycles. The van der Waals surface area contributed by atoms with Gasteiger partial charge in [-0.15, -0.1) is 0 Å². The Morgan fingerprint density at radius 1 is 1.29 bits per heavy atom. The lowest BCUT2D eigenvalue weighted by molar-refractivity contribution is -0.0946. The Morgan fingerprint density at radius 3 is 2.61 bits per heavy atom. The second-order valence-corrected chi connectivity index (χ2v) is 7.96. The normalized spacial score (nSPS) is 21.2. The minimum Gasteiger partial charge on any atom is -0.489 e. The molecule has 1 aromatic carbocycles. The van der Waals surface area contributed by atoms with Gasteiger partial charge in [0.15, 0.2) is 5.96 Å². The van der Waals surface area contributed by atoms with E-state index in [1.807, 2.05) is 18.2 Å². The molecule has 2 atom stereocenters. The average Bonchev–Trinajstić information content (AvgIpc) is 2.66. The number of benzene rings is 1. The van der Waals surface area contributed by atoms with E-state index in [2.05, 4.69) is 60.9 Å². The van der Waals surface area contributed by atoms with Crippen molar-refractivity contribution in [3.8, 4) is 5.75 Å². The highest BCUT2D eigenvalue weighted by atomic mass is 16.5. The third-order valence-corrected chi connectivity index (χ3v) is 4.96. The van der Waals surface area contributed by atoms with Gasteiger partial charge in [0.05, 0.1) is 12.2 Å². The number of hydrogen-bond donors (Lipinski definition) is 2. The molecule has 0 bridgehead atoms. The summed E-state index contributed by atoms with van der Waals surface area (Å²) in [7, 11) is 1.79. The van der Waals surface area contributed by atoms with Gasteiger partial charge in [0.1, 0.15) is 12.4 Å². The summed E-state index contributed by atoms with van der Waals surface area (Å²) in [5.41, 5.74) is 1.08. The van der Waals surface area contributed by atoms with Crippen LogP contribution in [0, 0.1) is 0 Å². The van der Waals surface area contributed by atoms with Crippen LogP contribution in [0.25, 0.3) is 0 Å². The Kier molecular flexibility index (Phi) is 8.33. The van der Waals surface area contributed by atoms with E-state index in [4.69, 9.17) is 9.47 Å². The van der Waals surface area contributed by atoms with E-state index in [-0.39, 0.29) is 17.7 Å². The van der Waals surface area contributed by atoms with E-state index in [1.165, 1.54) is 0 Å². The predicted molar refractivity (Wildman–Crippen MR) is 116 cm³/mol. The van der Waals surface area contributed by atoms with Crippen molar-refractivity contribution in [2.75, 3.05) is 33.3 Å². The summed E-state index contributed by atoms with van der Waals surface area (Å²) in [5.74, 6) is 1.64. The molecular formula is C22H36N4O2. The van der Waals surface area contributed by atoms with Gasteiger partial charge < -0.3 is 20.1 Å². The van der Waals surface area contributed by atoms with E-state index in [0.29, 0.717) is 13.2 Å². The second kappa shape index (κ2) is 10.5. The Hall–Kier alpha value is -2.05. The first kappa shape index (κ1) is 22.2. The van der Waals surface area contributed by atoms with Crippen molar-refractivity contribution >= 4 is 5.96 Å². The zero-order valence-corrected chi connectivity index (χ0v) is 18.0. The Labute approximate surface area is 170 Å². The third-order valence-electron chi connectivity index (χ3n) is 4.96. The minimum atomic E-state index is -0.00506. The first-order valence-corrected chi connectivity index (χ1v) is 10.0. The number of guanidine groups is 1. The molecule has 0 saturated carbocycles. The van der Waals surface area contributed by atoms with E-state index in [9.17, 15) is 0 Å². The maximum Gasteiger partial charge on any atom is 0.191 e. The molecule has 2 unspecified atom stereocenters. The molecule has 0 spiro atoms. The topological polar surface area (TPSA) is 58.1 Å². The smallest absolute Gasteiger partial charge is 0.191 e. The van der Waals surface area contributed by atoms with Gasteiger partial charge in [-0.05, 0) is 33.8 Å². The van der Waals surface area contributed by atoms with E-state index in [1.54, 1.807) is 13.1 Å². The molecule has 156 valence electrons.